The first-order valence-electron chi connectivity index (χ1n) is 4.89. The van der Waals surface area contributed by atoms with Gasteiger partial charge >= 0.3 is 5.97 Å². The fourth-order valence-corrected chi connectivity index (χ4v) is 1.40. The summed E-state index contributed by atoms with van der Waals surface area (Å²) in [5, 5.41) is 8.77. The van der Waals surface area contributed by atoms with Crippen LogP contribution in [0.2, 0.25) is 0 Å². The molecule has 1 heterocycles. The molecule has 0 saturated carbocycles. The van der Waals surface area contributed by atoms with E-state index in [0.717, 1.165) is 12.1 Å². The minimum absolute atomic E-state index is 0.0344. The third-order valence-electron chi connectivity index (χ3n) is 1.97. The molecule has 0 aliphatic rings. The van der Waals surface area contributed by atoms with Crippen LogP contribution in [0.15, 0.2) is 12.4 Å². The quantitative estimate of drug-likeness (QED) is 0.786. The molecule has 0 bridgehead atoms. The van der Waals surface area contributed by atoms with Crippen LogP contribution in [0.25, 0.3) is 0 Å². The molecule has 1 aromatic rings. The Balaban J connectivity index is 2.88. The Kier molecular flexibility index (Phi) is 4.03. The Hall–Kier alpha value is -1.65. The standard InChI is InChI=1S/C10H15N3O2/c1-3-6-13(7-9(14)15)10-8(2)11-4-5-12-10/h4-5H,3,6-7H2,1-2H3,(H,14,15). The molecule has 0 aromatic carbocycles. The Labute approximate surface area is 88.8 Å². The van der Waals surface area contributed by atoms with Crippen molar-refractivity contribution in [3.63, 3.8) is 0 Å². The first-order valence-corrected chi connectivity index (χ1v) is 4.89. The second-order valence-corrected chi connectivity index (χ2v) is 3.28. The summed E-state index contributed by atoms with van der Waals surface area (Å²) >= 11 is 0. The van der Waals surface area contributed by atoms with E-state index < -0.39 is 5.97 Å². The second-order valence-electron chi connectivity index (χ2n) is 3.28. The molecule has 0 atom stereocenters. The number of aliphatic carboxylic acids is 1. The van der Waals surface area contributed by atoms with E-state index in [1.54, 1.807) is 17.3 Å². The van der Waals surface area contributed by atoms with Gasteiger partial charge in [0.15, 0.2) is 5.82 Å². The largest absolute Gasteiger partial charge is 0.480 e. The van der Waals surface area contributed by atoms with Crippen LogP contribution in [0.5, 0.6) is 0 Å². The summed E-state index contributed by atoms with van der Waals surface area (Å²) < 4.78 is 0. The third kappa shape index (κ3) is 3.19. The number of carboxylic acid groups (broad SMARTS) is 1. The zero-order chi connectivity index (χ0) is 11.3. The van der Waals surface area contributed by atoms with Gasteiger partial charge < -0.3 is 10.0 Å². The normalized spacial score (nSPS) is 10.0. The van der Waals surface area contributed by atoms with Crippen LogP contribution >= 0.6 is 0 Å². The summed E-state index contributed by atoms with van der Waals surface area (Å²) in [4.78, 5) is 20.6. The number of anilines is 1. The predicted octanol–water partition coefficient (Wildman–Crippen LogP) is 1.09. The zero-order valence-electron chi connectivity index (χ0n) is 8.97. The number of nitrogens with zero attached hydrogens (tertiary/aromatic N) is 3. The molecule has 5 nitrogen and oxygen atoms in total. The fraction of sp³-hybridized carbons (Fsp3) is 0.500. The van der Waals surface area contributed by atoms with Crippen molar-refractivity contribution < 1.29 is 9.90 Å². The van der Waals surface area contributed by atoms with Crippen LogP contribution in [0.3, 0.4) is 0 Å². The first kappa shape index (κ1) is 11.4. The van der Waals surface area contributed by atoms with E-state index in [9.17, 15) is 4.79 Å². The lowest BCUT2D eigenvalue weighted by molar-refractivity contribution is -0.135. The maximum atomic E-state index is 10.7. The lowest BCUT2D eigenvalue weighted by Crippen LogP contribution is -2.31. The molecule has 5 heteroatoms. The maximum absolute atomic E-state index is 10.7. The Morgan fingerprint density at radius 2 is 2.13 bits per heavy atom. The van der Waals surface area contributed by atoms with E-state index in [2.05, 4.69) is 9.97 Å². The van der Waals surface area contributed by atoms with E-state index >= 15 is 0 Å². The van der Waals surface area contributed by atoms with Gasteiger partial charge in [0.05, 0.1) is 5.69 Å². The lowest BCUT2D eigenvalue weighted by Gasteiger charge is -2.21. The summed E-state index contributed by atoms with van der Waals surface area (Å²) in [6.45, 7) is 4.46. The highest BCUT2D eigenvalue weighted by Crippen LogP contribution is 2.13. The Morgan fingerprint density at radius 3 is 2.67 bits per heavy atom. The van der Waals surface area contributed by atoms with E-state index in [4.69, 9.17) is 5.11 Å². The number of rotatable bonds is 5. The number of carbonyl (C=O) groups is 1. The summed E-state index contributed by atoms with van der Waals surface area (Å²) in [7, 11) is 0. The molecule has 1 rings (SSSR count). The molecule has 0 fully saturated rings. The molecule has 82 valence electrons. The SMILES string of the molecule is CCCN(CC(=O)O)c1nccnc1C. The van der Waals surface area contributed by atoms with Crippen LogP contribution in [0, 0.1) is 6.92 Å². The molecular weight excluding hydrogens is 194 g/mol. The average Bonchev–Trinajstić information content (AvgIpc) is 2.17. The van der Waals surface area contributed by atoms with Gasteiger partial charge in [-0.2, -0.15) is 0 Å². The van der Waals surface area contributed by atoms with Gasteiger partial charge in [0, 0.05) is 18.9 Å². The molecule has 0 spiro atoms. The van der Waals surface area contributed by atoms with Crippen molar-refractivity contribution in [2.45, 2.75) is 20.3 Å². The van der Waals surface area contributed by atoms with Gasteiger partial charge in [0.2, 0.25) is 0 Å². The molecular formula is C10H15N3O2. The van der Waals surface area contributed by atoms with Crippen LogP contribution in [-0.2, 0) is 4.79 Å². The van der Waals surface area contributed by atoms with E-state index in [0.29, 0.717) is 12.4 Å². The van der Waals surface area contributed by atoms with Crippen LogP contribution in [-0.4, -0.2) is 34.1 Å². The average molecular weight is 209 g/mol. The third-order valence-corrected chi connectivity index (χ3v) is 1.97. The van der Waals surface area contributed by atoms with Gasteiger partial charge in [-0.05, 0) is 13.3 Å². The lowest BCUT2D eigenvalue weighted by atomic mass is 10.3. The molecule has 1 aromatic heterocycles. The topological polar surface area (TPSA) is 66.3 Å². The van der Waals surface area contributed by atoms with Crippen LogP contribution in [0.4, 0.5) is 5.82 Å². The van der Waals surface area contributed by atoms with Crippen molar-refractivity contribution >= 4 is 11.8 Å². The molecule has 0 saturated heterocycles. The van der Waals surface area contributed by atoms with Gasteiger partial charge in [-0.15, -0.1) is 0 Å². The van der Waals surface area contributed by atoms with Gasteiger partial charge in [-0.25, -0.2) is 4.98 Å². The minimum Gasteiger partial charge on any atom is -0.480 e. The number of aromatic nitrogens is 2. The molecule has 0 radical (unpaired) electrons. The predicted molar refractivity (Wildman–Crippen MR) is 56.9 cm³/mol. The first-order chi connectivity index (χ1) is 7.15. The molecule has 0 aliphatic carbocycles. The van der Waals surface area contributed by atoms with Crippen molar-refractivity contribution in [2.75, 3.05) is 18.0 Å². The highest BCUT2D eigenvalue weighted by molar-refractivity contribution is 5.73. The molecule has 0 unspecified atom stereocenters. The second kappa shape index (κ2) is 5.29. The summed E-state index contributed by atoms with van der Waals surface area (Å²) in [6, 6.07) is 0. The highest BCUT2D eigenvalue weighted by atomic mass is 16.4. The number of hydrogen-bond donors (Lipinski definition) is 1. The van der Waals surface area contributed by atoms with E-state index in [1.165, 1.54) is 0 Å². The number of carboxylic acids is 1. The van der Waals surface area contributed by atoms with Crippen molar-refractivity contribution in [1.82, 2.24) is 9.97 Å². The van der Waals surface area contributed by atoms with Gasteiger partial charge in [0.25, 0.3) is 0 Å². The summed E-state index contributed by atoms with van der Waals surface area (Å²) in [5.41, 5.74) is 0.757. The monoisotopic (exact) mass is 209 g/mol. The fourth-order valence-electron chi connectivity index (χ4n) is 1.40. The summed E-state index contributed by atoms with van der Waals surface area (Å²) in [6.07, 6.45) is 4.06. The Bertz CT molecular complexity index is 341. The number of hydrogen-bond acceptors (Lipinski definition) is 4. The number of aryl methyl sites for hydroxylation is 1. The van der Waals surface area contributed by atoms with Crippen molar-refractivity contribution in [1.29, 1.82) is 0 Å². The minimum atomic E-state index is -0.853. The van der Waals surface area contributed by atoms with Crippen LogP contribution < -0.4 is 4.90 Å². The van der Waals surface area contributed by atoms with E-state index in [-0.39, 0.29) is 6.54 Å². The van der Waals surface area contributed by atoms with Gasteiger partial charge in [0.1, 0.15) is 6.54 Å². The molecule has 15 heavy (non-hydrogen) atoms. The highest BCUT2D eigenvalue weighted by Gasteiger charge is 2.13. The van der Waals surface area contributed by atoms with Crippen molar-refractivity contribution in [3.8, 4) is 0 Å². The molecule has 0 amide bonds. The smallest absolute Gasteiger partial charge is 0.323 e. The van der Waals surface area contributed by atoms with Crippen molar-refractivity contribution in [3.05, 3.63) is 18.1 Å². The Morgan fingerprint density at radius 1 is 1.47 bits per heavy atom. The van der Waals surface area contributed by atoms with Gasteiger partial charge in [-0.3, -0.25) is 9.78 Å². The molecule has 1 N–H and O–H groups in total. The summed E-state index contributed by atoms with van der Waals surface area (Å²) in [5.74, 6) is -0.199. The van der Waals surface area contributed by atoms with Gasteiger partial charge in [-0.1, -0.05) is 6.92 Å². The van der Waals surface area contributed by atoms with Crippen LogP contribution in [0.1, 0.15) is 19.0 Å². The maximum Gasteiger partial charge on any atom is 0.323 e. The van der Waals surface area contributed by atoms with E-state index in [1.807, 2.05) is 13.8 Å². The molecule has 0 aliphatic heterocycles. The van der Waals surface area contributed by atoms with Crippen molar-refractivity contribution in [2.24, 2.45) is 0 Å². The zero-order valence-corrected chi connectivity index (χ0v) is 8.97.